The van der Waals surface area contributed by atoms with Gasteiger partial charge in [-0.3, -0.25) is 14.4 Å². The van der Waals surface area contributed by atoms with Gasteiger partial charge in [-0.25, -0.2) is 4.68 Å². The van der Waals surface area contributed by atoms with E-state index in [4.69, 9.17) is 9.47 Å². The maximum absolute atomic E-state index is 13.8. The van der Waals surface area contributed by atoms with Crippen LogP contribution in [0.15, 0.2) is 65.7 Å². The molecule has 12 heteroatoms. The van der Waals surface area contributed by atoms with Crippen LogP contribution in [-0.2, 0) is 16.6 Å². The third-order valence-corrected chi connectivity index (χ3v) is 7.09. The van der Waals surface area contributed by atoms with Crippen LogP contribution in [0.25, 0.3) is 16.6 Å². The average molecular weight is 550 g/mol. The summed E-state index contributed by atoms with van der Waals surface area (Å²) in [7, 11) is 1.65. The van der Waals surface area contributed by atoms with Gasteiger partial charge in [0, 0.05) is 43.7 Å². The fraction of sp³-hybridized carbons (Fsp3) is 0.286. The highest BCUT2D eigenvalue weighted by Gasteiger charge is 2.45. The van der Waals surface area contributed by atoms with E-state index in [0.717, 1.165) is 5.52 Å². The summed E-state index contributed by atoms with van der Waals surface area (Å²) in [4.78, 5) is 39.0. The molecular formula is C28H25F2N5O5. The number of halogens is 2. The number of aryl methyl sites for hydroxylation is 1. The third kappa shape index (κ3) is 4.44. The normalized spacial score (nSPS) is 18.8. The SMILES string of the molecule is Cn1cc(-n2ncc3cc(N4C(=O)C[C@@H](NC(=O)C(C)(F)F)[C@@H]4c4ccc5c(c4)OCCO5)ccc32)ccc1=O. The molecule has 0 saturated carbocycles. The van der Waals surface area contributed by atoms with Crippen LogP contribution in [0.1, 0.15) is 24.9 Å². The molecule has 0 spiro atoms. The Balaban J connectivity index is 1.41. The Kier molecular flexibility index (Phi) is 6.05. The first-order chi connectivity index (χ1) is 19.1. The van der Waals surface area contributed by atoms with Gasteiger partial charge in [0.1, 0.15) is 13.2 Å². The van der Waals surface area contributed by atoms with E-state index in [-0.39, 0.29) is 17.9 Å². The molecule has 6 rings (SSSR count). The number of ether oxygens (including phenoxy) is 2. The summed E-state index contributed by atoms with van der Waals surface area (Å²) in [6.07, 6.45) is 3.14. The topological polar surface area (TPSA) is 108 Å². The van der Waals surface area contributed by atoms with Gasteiger partial charge in [-0.15, -0.1) is 0 Å². The highest BCUT2D eigenvalue weighted by atomic mass is 19.3. The van der Waals surface area contributed by atoms with Gasteiger partial charge in [0.2, 0.25) is 11.5 Å². The number of anilines is 1. The lowest BCUT2D eigenvalue weighted by molar-refractivity contribution is -0.143. The maximum atomic E-state index is 13.8. The number of rotatable bonds is 5. The number of nitrogens with one attached hydrogen (secondary N) is 1. The summed E-state index contributed by atoms with van der Waals surface area (Å²) in [5, 5.41) is 7.55. The summed E-state index contributed by atoms with van der Waals surface area (Å²) >= 11 is 0. The van der Waals surface area contributed by atoms with Gasteiger partial charge >= 0.3 is 5.92 Å². The molecule has 2 aromatic carbocycles. The first kappa shape index (κ1) is 25.5. The van der Waals surface area contributed by atoms with Crippen LogP contribution in [0.2, 0.25) is 0 Å². The van der Waals surface area contributed by atoms with Crippen LogP contribution in [0, 0.1) is 0 Å². The Bertz CT molecular complexity index is 1710. The standard InChI is InChI=1S/C28H25F2N5O5/c1-28(29,30)27(38)32-20-13-25(37)34(26(20)16-3-7-22-23(12-16)40-10-9-39-22)18-4-6-21-17(11-18)14-31-35(21)19-5-8-24(36)33(2)15-19/h3-8,11-12,14-15,20,26H,9-10,13H2,1-2H3,(H,32,38)/t20-,26+/m1/s1. The number of hydrogen-bond acceptors (Lipinski definition) is 6. The number of nitrogens with zero attached hydrogens (tertiary/aromatic N) is 4. The van der Waals surface area contributed by atoms with E-state index >= 15 is 0 Å². The van der Waals surface area contributed by atoms with Crippen LogP contribution >= 0.6 is 0 Å². The van der Waals surface area contributed by atoms with Crippen molar-refractivity contribution < 1.29 is 27.8 Å². The minimum absolute atomic E-state index is 0.150. The first-order valence-electron chi connectivity index (χ1n) is 12.7. The number of amides is 2. The van der Waals surface area contributed by atoms with Crippen LogP contribution < -0.4 is 25.2 Å². The predicted molar refractivity (Wildman–Crippen MR) is 141 cm³/mol. The summed E-state index contributed by atoms with van der Waals surface area (Å²) in [5.74, 6) is -4.39. The Morgan fingerprint density at radius 3 is 2.52 bits per heavy atom. The number of hydrogen-bond donors (Lipinski definition) is 1. The predicted octanol–water partition coefficient (Wildman–Crippen LogP) is 3.11. The summed E-state index contributed by atoms with van der Waals surface area (Å²) in [6, 6.07) is 11.9. The molecule has 4 aromatic rings. The molecule has 40 heavy (non-hydrogen) atoms. The number of carbonyl (C=O) groups excluding carboxylic acids is 2. The Hall–Kier alpha value is -4.74. The van der Waals surface area contributed by atoms with E-state index in [1.807, 2.05) is 0 Å². The van der Waals surface area contributed by atoms with Crippen molar-refractivity contribution in [2.75, 3.05) is 18.1 Å². The second-order valence-electron chi connectivity index (χ2n) is 9.92. The molecule has 4 heterocycles. The lowest BCUT2D eigenvalue weighted by atomic mass is 9.98. The monoisotopic (exact) mass is 549 g/mol. The van der Waals surface area contributed by atoms with Crippen molar-refractivity contribution in [1.29, 1.82) is 0 Å². The second-order valence-corrected chi connectivity index (χ2v) is 9.92. The van der Waals surface area contributed by atoms with E-state index in [0.29, 0.717) is 54.0 Å². The largest absolute Gasteiger partial charge is 0.486 e. The quantitative estimate of drug-likeness (QED) is 0.410. The molecule has 1 N–H and O–H groups in total. The highest BCUT2D eigenvalue weighted by Crippen LogP contribution is 2.42. The van der Waals surface area contributed by atoms with Gasteiger partial charge in [-0.05, 0) is 42.0 Å². The summed E-state index contributed by atoms with van der Waals surface area (Å²) in [6.45, 7) is 1.27. The van der Waals surface area contributed by atoms with Gasteiger partial charge in [-0.2, -0.15) is 13.9 Å². The van der Waals surface area contributed by atoms with Crippen molar-refractivity contribution in [2.24, 2.45) is 7.05 Å². The number of fused-ring (bicyclic) bond motifs is 2. The number of benzene rings is 2. The van der Waals surface area contributed by atoms with Crippen LogP contribution in [0.3, 0.4) is 0 Å². The molecule has 1 fully saturated rings. The molecule has 2 aliphatic heterocycles. The molecule has 2 amide bonds. The van der Waals surface area contributed by atoms with E-state index in [9.17, 15) is 23.2 Å². The summed E-state index contributed by atoms with van der Waals surface area (Å²) < 4.78 is 42.1. The summed E-state index contributed by atoms with van der Waals surface area (Å²) in [5.41, 5.74) is 2.38. The highest BCUT2D eigenvalue weighted by molar-refractivity contribution is 6.00. The minimum atomic E-state index is -3.61. The Labute approximate surface area is 226 Å². The molecule has 10 nitrogen and oxygen atoms in total. The molecule has 0 aliphatic carbocycles. The van der Waals surface area contributed by atoms with E-state index in [2.05, 4.69) is 10.4 Å². The van der Waals surface area contributed by atoms with Crippen LogP contribution in [0.5, 0.6) is 11.5 Å². The van der Waals surface area contributed by atoms with Crippen molar-refractivity contribution in [3.63, 3.8) is 0 Å². The van der Waals surface area contributed by atoms with Crippen LogP contribution in [0.4, 0.5) is 14.5 Å². The van der Waals surface area contributed by atoms with E-state index in [1.54, 1.807) is 66.6 Å². The number of pyridine rings is 1. The van der Waals surface area contributed by atoms with Gasteiger partial charge < -0.3 is 24.3 Å². The fourth-order valence-corrected chi connectivity index (χ4v) is 5.17. The first-order valence-corrected chi connectivity index (χ1v) is 12.7. The number of carbonyl (C=O) groups is 2. The average Bonchev–Trinajstić information content (AvgIpc) is 3.49. The van der Waals surface area contributed by atoms with Crippen molar-refractivity contribution >= 4 is 28.4 Å². The number of alkyl halides is 2. The van der Waals surface area contributed by atoms with Gasteiger partial charge in [-0.1, -0.05) is 6.07 Å². The molecule has 2 aromatic heterocycles. The zero-order valence-corrected chi connectivity index (χ0v) is 21.6. The minimum Gasteiger partial charge on any atom is -0.486 e. The fourth-order valence-electron chi connectivity index (χ4n) is 5.17. The Morgan fingerprint density at radius 2 is 1.77 bits per heavy atom. The van der Waals surface area contributed by atoms with E-state index < -0.39 is 23.9 Å². The second kappa shape index (κ2) is 9.47. The number of aromatic nitrogens is 3. The van der Waals surface area contributed by atoms with E-state index in [1.165, 1.54) is 15.5 Å². The smallest absolute Gasteiger partial charge is 0.321 e. The molecule has 2 atom stereocenters. The lowest BCUT2D eigenvalue weighted by Crippen LogP contribution is -2.46. The molecule has 0 bridgehead atoms. The Morgan fingerprint density at radius 1 is 1.02 bits per heavy atom. The zero-order valence-electron chi connectivity index (χ0n) is 21.6. The van der Waals surface area contributed by atoms with Crippen LogP contribution in [-0.4, -0.2) is 51.3 Å². The maximum Gasteiger partial charge on any atom is 0.321 e. The molecule has 0 radical (unpaired) electrons. The van der Waals surface area contributed by atoms with Gasteiger partial charge in [0.25, 0.3) is 5.91 Å². The molecule has 1 saturated heterocycles. The lowest BCUT2D eigenvalue weighted by Gasteiger charge is -2.30. The van der Waals surface area contributed by atoms with Crippen molar-refractivity contribution in [2.45, 2.75) is 31.4 Å². The van der Waals surface area contributed by atoms with Crippen molar-refractivity contribution in [3.8, 4) is 17.2 Å². The molecule has 2 aliphatic rings. The molecule has 206 valence electrons. The van der Waals surface area contributed by atoms with Crippen molar-refractivity contribution in [1.82, 2.24) is 19.7 Å². The van der Waals surface area contributed by atoms with Gasteiger partial charge in [0.05, 0.1) is 29.5 Å². The van der Waals surface area contributed by atoms with Crippen molar-refractivity contribution in [3.05, 3.63) is 76.8 Å². The molecule has 0 unspecified atom stereocenters. The third-order valence-electron chi connectivity index (χ3n) is 7.09. The molecular weight excluding hydrogens is 524 g/mol. The van der Waals surface area contributed by atoms with Gasteiger partial charge in [0.15, 0.2) is 11.5 Å². The zero-order chi connectivity index (χ0) is 28.2.